The minimum absolute atomic E-state index is 0.185. The number of rotatable bonds is 9. The molecule has 4 saturated carbocycles. The average molecular weight is 859 g/mol. The highest BCUT2D eigenvalue weighted by atomic mass is 16.9. The van der Waals surface area contributed by atoms with E-state index in [-0.39, 0.29) is 12.0 Å². The Morgan fingerprint density at radius 1 is 0.852 bits per heavy atom. The Morgan fingerprint density at radius 2 is 1.48 bits per heavy atom. The van der Waals surface area contributed by atoms with Gasteiger partial charge in [-0.1, -0.05) is 48.5 Å². The number of aliphatic hydroxyl groups is 2. The second-order valence-corrected chi connectivity index (χ2v) is 19.2. The Labute approximate surface area is 351 Å². The van der Waals surface area contributed by atoms with Gasteiger partial charge >= 0.3 is 35.8 Å². The zero-order chi connectivity index (χ0) is 45.0. The molecule has 1 aromatic heterocycles. The molecule has 1 aromatic rings. The number of aliphatic hydroxyl groups excluding tert-OH is 1. The van der Waals surface area contributed by atoms with Crippen molar-refractivity contribution < 1.29 is 86.0 Å². The number of methoxy groups -OCH3 is 1. The van der Waals surface area contributed by atoms with E-state index in [1.165, 1.54) is 32.6 Å². The van der Waals surface area contributed by atoms with Crippen LogP contribution in [0, 0.1) is 39.9 Å². The third-order valence-electron chi connectivity index (χ3n) is 15.3. The molecule has 18 heteroatoms. The number of carbonyl (C=O) groups is 6. The van der Waals surface area contributed by atoms with E-state index >= 15 is 0 Å². The highest BCUT2D eigenvalue weighted by Gasteiger charge is 3.07. The zero-order valence-corrected chi connectivity index (χ0v) is 36.3. The Morgan fingerprint density at radius 3 is 2.02 bits per heavy atom. The molecular formula is C43H54O18. The van der Waals surface area contributed by atoms with Crippen molar-refractivity contribution in [1.29, 1.82) is 0 Å². The normalized spacial score (nSPS) is 46.7. The minimum Gasteiger partial charge on any atom is -0.511 e. The number of furan rings is 1. The van der Waals surface area contributed by atoms with Crippen LogP contribution in [-0.2, 0) is 71.4 Å². The summed E-state index contributed by atoms with van der Waals surface area (Å²) in [5, 5.41) is 26.6. The van der Waals surface area contributed by atoms with Crippen LogP contribution in [0.2, 0.25) is 0 Å². The van der Waals surface area contributed by atoms with E-state index in [4.69, 9.17) is 47.0 Å². The van der Waals surface area contributed by atoms with Crippen LogP contribution in [0.25, 0.3) is 0 Å². The summed E-state index contributed by atoms with van der Waals surface area (Å²) in [6.07, 6.45) is -6.67. The van der Waals surface area contributed by atoms with Gasteiger partial charge in [-0.2, -0.15) is 0 Å². The fourth-order valence-corrected chi connectivity index (χ4v) is 13.7. The first-order valence-corrected chi connectivity index (χ1v) is 20.5. The van der Waals surface area contributed by atoms with E-state index in [1.807, 2.05) is 0 Å². The predicted molar refractivity (Wildman–Crippen MR) is 201 cm³/mol. The summed E-state index contributed by atoms with van der Waals surface area (Å²) in [6, 6.07) is 1.51. The first-order chi connectivity index (χ1) is 28.3. The summed E-state index contributed by atoms with van der Waals surface area (Å²) in [5.41, 5.74) is -15.1. The number of esters is 6. The average Bonchev–Trinajstić information content (AvgIpc) is 3.86. The predicted octanol–water partition coefficient (Wildman–Crippen LogP) is 3.67. The number of hydrogen-bond donors (Lipinski definition) is 2. The summed E-state index contributed by atoms with van der Waals surface area (Å²) < 4.78 is 64.1. The van der Waals surface area contributed by atoms with Crippen LogP contribution in [0.15, 0.2) is 34.3 Å². The lowest BCUT2D eigenvalue weighted by molar-refractivity contribution is -0.490. The fraction of sp³-hybridized carbons (Fsp3) is 0.721. The third-order valence-corrected chi connectivity index (χ3v) is 15.3. The molecule has 3 aliphatic heterocycles. The Kier molecular flexibility index (Phi) is 9.21. The molecular weight excluding hydrogens is 804 g/mol. The fourth-order valence-electron chi connectivity index (χ4n) is 13.7. The van der Waals surface area contributed by atoms with Crippen molar-refractivity contribution in [2.45, 2.75) is 148 Å². The van der Waals surface area contributed by atoms with Crippen LogP contribution in [0.5, 0.6) is 0 Å². The van der Waals surface area contributed by atoms with Crippen LogP contribution in [0.4, 0.5) is 0 Å². The number of carbonyl (C=O) groups excluding carboxylic acids is 6. The third kappa shape index (κ3) is 4.77. The van der Waals surface area contributed by atoms with Crippen molar-refractivity contribution in [3.63, 3.8) is 0 Å². The molecule has 7 aliphatic rings. The molecule has 2 N–H and O–H groups in total. The second-order valence-electron chi connectivity index (χ2n) is 19.2. The maximum atomic E-state index is 15.0. The first kappa shape index (κ1) is 43.1. The van der Waals surface area contributed by atoms with E-state index in [9.17, 15) is 39.0 Å². The van der Waals surface area contributed by atoms with Gasteiger partial charge in [0.1, 0.15) is 23.6 Å². The summed E-state index contributed by atoms with van der Waals surface area (Å²) in [6.45, 7) is 16.1. The molecule has 8 rings (SSSR count). The van der Waals surface area contributed by atoms with Gasteiger partial charge in [-0.25, -0.2) is 4.79 Å². The van der Waals surface area contributed by atoms with Gasteiger partial charge in [0, 0.05) is 62.3 Å². The Balaban J connectivity index is 1.62. The molecule has 4 aliphatic carbocycles. The van der Waals surface area contributed by atoms with Crippen LogP contribution in [-0.4, -0.2) is 106 Å². The van der Waals surface area contributed by atoms with Crippen LogP contribution >= 0.6 is 0 Å². The maximum Gasteiger partial charge on any atom is 0.338 e. The molecule has 3 saturated heterocycles. The summed E-state index contributed by atoms with van der Waals surface area (Å²) >= 11 is 0. The molecule has 0 radical (unpaired) electrons. The molecule has 2 spiro atoms. The lowest BCUT2D eigenvalue weighted by Crippen LogP contribution is -2.97. The highest BCUT2D eigenvalue weighted by molar-refractivity contribution is 5.92. The van der Waals surface area contributed by atoms with Crippen LogP contribution < -0.4 is 0 Å². The summed E-state index contributed by atoms with van der Waals surface area (Å²) in [7, 11) is 1.19. The topological polar surface area (TPSA) is 239 Å². The Bertz CT molecular complexity index is 2150. The molecule has 0 amide bonds. The first-order valence-electron chi connectivity index (χ1n) is 20.5. The molecule has 0 aromatic carbocycles. The van der Waals surface area contributed by atoms with Crippen molar-refractivity contribution in [3.05, 3.63) is 35.5 Å². The number of allylic oxidation sites excluding steroid dienone is 1. The molecule has 18 nitrogen and oxygen atoms in total. The van der Waals surface area contributed by atoms with E-state index in [0.29, 0.717) is 0 Å². The maximum absolute atomic E-state index is 15.0. The smallest absolute Gasteiger partial charge is 0.338 e. The highest BCUT2D eigenvalue weighted by Crippen LogP contribution is 2.90. The van der Waals surface area contributed by atoms with Gasteiger partial charge in [0.25, 0.3) is 5.97 Å². The van der Waals surface area contributed by atoms with Crippen molar-refractivity contribution in [2.24, 2.45) is 39.9 Å². The number of fused-ring (bicyclic) bond motifs is 3. The lowest BCUT2D eigenvalue weighted by atomic mass is 9.32. The quantitative estimate of drug-likeness (QED) is 0.156. The van der Waals surface area contributed by atoms with Gasteiger partial charge in [-0.15, -0.1) is 0 Å². The standard InChI is InChI=1S/C43H54O18/c1-18(2)27(48)26-28-37(9,29(57-33(26)50)23-13-14-53-16-23)30(54-20(5)44)31(55-21(6)45)43-38(10)24(15-25(47)52-12)36(8)17-40(38)41(51,34(36)58-32(49)19(3)4)35(56-22(7)46)42(28,43)60-39(11,59-40)61-43/h13-14,16,18-19,24,28-31,34-35,48,51H,15,17H2,1-12H3. The van der Waals surface area contributed by atoms with Gasteiger partial charge in [-0.3, -0.25) is 24.0 Å². The Hall–Kier alpha value is -4.52. The van der Waals surface area contributed by atoms with E-state index in [1.54, 1.807) is 48.5 Å². The van der Waals surface area contributed by atoms with Gasteiger partial charge < -0.3 is 57.3 Å². The van der Waals surface area contributed by atoms with E-state index in [2.05, 4.69) is 0 Å². The SMILES string of the molecule is COC(=O)CC1C2(C)CC34OC5(C)OC6(C7C(=C(O)C(C)C)C(=O)OC(c8ccoc8)C7(C)C(OC(C)=O)C(OC(C)=O)C6(O5)C13C)C(OC(C)=O)C4(O)C2OC(=O)C(C)C. The van der Waals surface area contributed by atoms with Crippen molar-refractivity contribution in [1.82, 2.24) is 0 Å². The molecule has 334 valence electrons. The minimum atomic E-state index is -2.63. The van der Waals surface area contributed by atoms with E-state index < -0.39 is 152 Å². The summed E-state index contributed by atoms with van der Waals surface area (Å²) in [4.78, 5) is 83.8. The number of cyclic esters (lactones) is 1. The molecule has 15 unspecified atom stereocenters. The van der Waals surface area contributed by atoms with Gasteiger partial charge in [0.2, 0.25) is 0 Å². The zero-order valence-electron chi connectivity index (χ0n) is 36.3. The van der Waals surface area contributed by atoms with Gasteiger partial charge in [-0.05, 0) is 18.4 Å². The van der Waals surface area contributed by atoms with Crippen molar-refractivity contribution in [3.8, 4) is 0 Å². The van der Waals surface area contributed by atoms with E-state index in [0.717, 1.165) is 20.8 Å². The number of ether oxygens (including phenoxy) is 9. The molecule has 4 heterocycles. The monoisotopic (exact) mass is 858 g/mol. The molecule has 15 atom stereocenters. The van der Waals surface area contributed by atoms with Crippen molar-refractivity contribution in [2.75, 3.05) is 7.11 Å². The second kappa shape index (κ2) is 13.0. The van der Waals surface area contributed by atoms with Gasteiger partial charge in [0.05, 0.1) is 36.5 Å². The van der Waals surface area contributed by atoms with Crippen LogP contribution in [0.3, 0.4) is 0 Å². The lowest BCUT2D eigenvalue weighted by Gasteiger charge is -2.78. The van der Waals surface area contributed by atoms with Gasteiger partial charge in [0.15, 0.2) is 35.1 Å². The number of hydrogen-bond acceptors (Lipinski definition) is 18. The largest absolute Gasteiger partial charge is 0.511 e. The van der Waals surface area contributed by atoms with Crippen LogP contribution in [0.1, 0.15) is 101 Å². The molecule has 4 bridgehead atoms. The molecule has 61 heavy (non-hydrogen) atoms. The van der Waals surface area contributed by atoms with Crippen molar-refractivity contribution >= 4 is 35.8 Å². The summed E-state index contributed by atoms with van der Waals surface area (Å²) in [5.74, 6) is -12.4. The molecule has 7 fully saturated rings.